The Bertz CT molecular complexity index is 1010. The van der Waals surface area contributed by atoms with Gasteiger partial charge in [0.1, 0.15) is 11.5 Å². The number of Topliss-reactive ketones (excluding diaryl/α,β-unsaturated/α-hetero) is 1. The van der Waals surface area contributed by atoms with Gasteiger partial charge in [-0.25, -0.2) is 0 Å². The van der Waals surface area contributed by atoms with Gasteiger partial charge in [0.15, 0.2) is 16.8 Å². The monoisotopic (exact) mass is 423 g/mol. The van der Waals surface area contributed by atoms with E-state index in [1.54, 1.807) is 25.3 Å². The van der Waals surface area contributed by atoms with Gasteiger partial charge in [-0.1, -0.05) is 30.0 Å². The molecule has 0 radical (unpaired) electrons. The van der Waals surface area contributed by atoms with Crippen molar-refractivity contribution in [1.82, 2.24) is 14.8 Å². The van der Waals surface area contributed by atoms with Crippen LogP contribution in [0.3, 0.4) is 0 Å². The van der Waals surface area contributed by atoms with E-state index in [2.05, 4.69) is 16.8 Å². The Labute approximate surface area is 180 Å². The summed E-state index contributed by atoms with van der Waals surface area (Å²) in [6, 6.07) is 14.9. The molecule has 0 aliphatic heterocycles. The van der Waals surface area contributed by atoms with Crippen molar-refractivity contribution in [3.63, 3.8) is 0 Å². The maximum atomic E-state index is 12.9. The summed E-state index contributed by atoms with van der Waals surface area (Å²) < 4.78 is 12.9. The molecule has 1 heterocycles. The molecule has 1 atom stereocenters. The first kappa shape index (κ1) is 21.6. The van der Waals surface area contributed by atoms with Crippen molar-refractivity contribution < 1.29 is 14.3 Å². The van der Waals surface area contributed by atoms with Crippen LogP contribution >= 0.6 is 11.8 Å². The first-order chi connectivity index (χ1) is 14.6. The molecular weight excluding hydrogens is 398 g/mol. The van der Waals surface area contributed by atoms with Crippen LogP contribution in [-0.4, -0.2) is 39.5 Å². The van der Waals surface area contributed by atoms with Gasteiger partial charge in [-0.15, -0.1) is 16.8 Å². The Morgan fingerprint density at radius 1 is 1.20 bits per heavy atom. The van der Waals surface area contributed by atoms with Gasteiger partial charge < -0.3 is 9.47 Å². The number of benzene rings is 2. The van der Waals surface area contributed by atoms with E-state index < -0.39 is 0 Å². The smallest absolute Gasteiger partial charge is 0.192 e. The number of carbonyl (C=O) groups is 1. The second kappa shape index (κ2) is 10.1. The van der Waals surface area contributed by atoms with E-state index in [0.29, 0.717) is 35.4 Å². The predicted molar refractivity (Wildman–Crippen MR) is 119 cm³/mol. The zero-order valence-corrected chi connectivity index (χ0v) is 18.2. The maximum absolute atomic E-state index is 12.9. The SMILES string of the molecule is C=CCn1c(SC(C)C(=O)c2ccc(OCC)cc2)nnc1-c1ccccc1OC. The van der Waals surface area contributed by atoms with E-state index in [0.717, 1.165) is 11.3 Å². The average molecular weight is 424 g/mol. The minimum absolute atomic E-state index is 0.0232. The fraction of sp³-hybridized carbons (Fsp3) is 0.261. The molecule has 7 heteroatoms. The number of hydrogen-bond acceptors (Lipinski definition) is 6. The molecule has 0 fully saturated rings. The zero-order chi connectivity index (χ0) is 21.5. The minimum Gasteiger partial charge on any atom is -0.496 e. The fourth-order valence-electron chi connectivity index (χ4n) is 3.03. The molecule has 0 amide bonds. The van der Waals surface area contributed by atoms with Gasteiger partial charge in [-0.05, 0) is 50.2 Å². The summed E-state index contributed by atoms with van der Waals surface area (Å²) in [5, 5.41) is 9.03. The average Bonchev–Trinajstić information content (AvgIpc) is 3.16. The van der Waals surface area contributed by atoms with Crippen LogP contribution in [0.2, 0.25) is 0 Å². The number of ketones is 1. The Hall–Kier alpha value is -3.06. The summed E-state index contributed by atoms with van der Waals surface area (Å²) in [5.74, 6) is 2.16. The molecule has 2 aromatic carbocycles. The maximum Gasteiger partial charge on any atom is 0.192 e. The number of methoxy groups -OCH3 is 1. The molecule has 3 rings (SSSR count). The van der Waals surface area contributed by atoms with E-state index in [-0.39, 0.29) is 11.0 Å². The number of rotatable bonds is 10. The Morgan fingerprint density at radius 3 is 2.60 bits per heavy atom. The van der Waals surface area contributed by atoms with Gasteiger partial charge >= 0.3 is 0 Å². The molecule has 1 aromatic heterocycles. The third kappa shape index (κ3) is 4.74. The highest BCUT2D eigenvalue weighted by molar-refractivity contribution is 8.00. The summed E-state index contributed by atoms with van der Waals surface area (Å²) in [6.07, 6.45) is 1.78. The van der Waals surface area contributed by atoms with E-state index >= 15 is 0 Å². The first-order valence-corrected chi connectivity index (χ1v) is 10.6. The van der Waals surface area contributed by atoms with Crippen molar-refractivity contribution in [1.29, 1.82) is 0 Å². The van der Waals surface area contributed by atoms with Gasteiger partial charge in [0.25, 0.3) is 0 Å². The number of para-hydroxylation sites is 1. The predicted octanol–water partition coefficient (Wildman–Crippen LogP) is 4.90. The molecule has 0 saturated carbocycles. The highest BCUT2D eigenvalue weighted by atomic mass is 32.2. The van der Waals surface area contributed by atoms with Gasteiger partial charge in [0.2, 0.25) is 0 Å². The first-order valence-electron chi connectivity index (χ1n) is 9.70. The Kier molecular flexibility index (Phi) is 7.30. The van der Waals surface area contributed by atoms with E-state index in [1.165, 1.54) is 11.8 Å². The second-order valence-corrected chi connectivity index (χ2v) is 7.80. The quantitative estimate of drug-likeness (QED) is 0.262. The van der Waals surface area contributed by atoms with Crippen molar-refractivity contribution in [2.24, 2.45) is 0 Å². The summed E-state index contributed by atoms with van der Waals surface area (Å²) in [4.78, 5) is 12.9. The van der Waals surface area contributed by atoms with Crippen LogP contribution in [0.1, 0.15) is 24.2 Å². The number of allylic oxidation sites excluding steroid dienone is 1. The lowest BCUT2D eigenvalue weighted by Gasteiger charge is -2.13. The molecule has 6 nitrogen and oxygen atoms in total. The topological polar surface area (TPSA) is 66.2 Å². The highest BCUT2D eigenvalue weighted by Gasteiger charge is 2.22. The summed E-state index contributed by atoms with van der Waals surface area (Å²) in [6.45, 7) is 8.76. The van der Waals surface area contributed by atoms with Gasteiger partial charge in [0.05, 0.1) is 24.5 Å². The molecule has 1 unspecified atom stereocenters. The Balaban J connectivity index is 1.84. The fourth-order valence-corrected chi connectivity index (χ4v) is 3.96. The third-order valence-corrected chi connectivity index (χ3v) is 5.56. The van der Waals surface area contributed by atoms with Crippen LogP contribution in [0, 0.1) is 0 Å². The highest BCUT2D eigenvalue weighted by Crippen LogP contribution is 2.32. The number of carbonyl (C=O) groups excluding carboxylic acids is 1. The molecule has 0 aliphatic carbocycles. The minimum atomic E-state index is -0.332. The number of ether oxygens (including phenoxy) is 2. The molecule has 0 saturated heterocycles. The molecule has 30 heavy (non-hydrogen) atoms. The molecule has 0 spiro atoms. The zero-order valence-electron chi connectivity index (χ0n) is 17.4. The van der Waals surface area contributed by atoms with E-state index in [4.69, 9.17) is 9.47 Å². The number of hydrogen-bond donors (Lipinski definition) is 0. The lowest BCUT2D eigenvalue weighted by molar-refractivity contribution is 0.0994. The second-order valence-electron chi connectivity index (χ2n) is 6.49. The van der Waals surface area contributed by atoms with Crippen molar-refractivity contribution in [3.8, 4) is 22.9 Å². The summed E-state index contributed by atoms with van der Waals surface area (Å²) >= 11 is 1.38. The standard InChI is InChI=1S/C23H25N3O3S/c1-5-15-26-22(19-9-7-8-10-20(19)28-4)24-25-23(26)30-16(3)21(27)17-11-13-18(14-12-17)29-6-2/h5,7-14,16H,1,6,15H2,2-4H3. The summed E-state index contributed by atoms with van der Waals surface area (Å²) in [7, 11) is 1.63. The normalized spacial score (nSPS) is 11.7. The summed E-state index contributed by atoms with van der Waals surface area (Å²) in [5.41, 5.74) is 1.48. The number of aromatic nitrogens is 3. The largest absolute Gasteiger partial charge is 0.496 e. The number of thioether (sulfide) groups is 1. The lowest BCUT2D eigenvalue weighted by atomic mass is 10.1. The molecule has 0 N–H and O–H groups in total. The van der Waals surface area contributed by atoms with Crippen molar-refractivity contribution in [3.05, 3.63) is 66.7 Å². The van der Waals surface area contributed by atoms with Crippen LogP contribution in [0.15, 0.2) is 66.3 Å². The molecule has 0 bridgehead atoms. The van der Waals surface area contributed by atoms with Crippen LogP contribution in [0.5, 0.6) is 11.5 Å². The van der Waals surface area contributed by atoms with Crippen molar-refractivity contribution in [2.45, 2.75) is 30.8 Å². The molecule has 0 aliphatic rings. The van der Waals surface area contributed by atoms with Gasteiger partial charge in [0, 0.05) is 12.1 Å². The van der Waals surface area contributed by atoms with Crippen LogP contribution in [0.4, 0.5) is 0 Å². The molecule has 156 valence electrons. The van der Waals surface area contributed by atoms with Crippen LogP contribution < -0.4 is 9.47 Å². The van der Waals surface area contributed by atoms with Crippen LogP contribution in [-0.2, 0) is 6.54 Å². The lowest BCUT2D eigenvalue weighted by Crippen LogP contribution is -2.15. The van der Waals surface area contributed by atoms with E-state index in [1.807, 2.05) is 54.8 Å². The Morgan fingerprint density at radius 2 is 1.93 bits per heavy atom. The number of nitrogens with zero attached hydrogens (tertiary/aromatic N) is 3. The van der Waals surface area contributed by atoms with Gasteiger partial charge in [-0.3, -0.25) is 9.36 Å². The van der Waals surface area contributed by atoms with Gasteiger partial charge in [-0.2, -0.15) is 0 Å². The molecular formula is C23H25N3O3S. The van der Waals surface area contributed by atoms with Crippen molar-refractivity contribution >= 4 is 17.5 Å². The van der Waals surface area contributed by atoms with E-state index in [9.17, 15) is 4.79 Å². The van der Waals surface area contributed by atoms with Crippen molar-refractivity contribution in [2.75, 3.05) is 13.7 Å². The molecule has 3 aromatic rings. The third-order valence-electron chi connectivity index (χ3n) is 4.48. The van der Waals surface area contributed by atoms with Crippen LogP contribution in [0.25, 0.3) is 11.4 Å².